The van der Waals surface area contributed by atoms with Gasteiger partial charge in [-0.25, -0.2) is 0 Å². The van der Waals surface area contributed by atoms with E-state index in [4.69, 9.17) is 0 Å². The molecule has 2 unspecified atom stereocenters. The SMILES string of the molecule is CC1(c2ccccc2)c2cc(C3C=C4Sc5ccccc5-c5cccc(c54)C3)ccc2-c2cc3ccccc3cc21. The summed E-state index contributed by atoms with van der Waals surface area (Å²) < 4.78 is 0. The van der Waals surface area contributed by atoms with Crippen molar-refractivity contribution in [2.75, 3.05) is 0 Å². The molecular weight excluding hydrogens is 513 g/mol. The second kappa shape index (κ2) is 8.59. The maximum absolute atomic E-state index is 2.55. The van der Waals surface area contributed by atoms with Gasteiger partial charge in [-0.3, -0.25) is 0 Å². The zero-order chi connectivity index (χ0) is 27.1. The van der Waals surface area contributed by atoms with Crippen LogP contribution in [0, 0.1) is 0 Å². The largest absolute Gasteiger partial charge is 0.0891 e. The smallest absolute Gasteiger partial charge is 0.0435 e. The standard InChI is InChI=1S/C40H28S/c1-40(30-13-3-2-4-14-30)35-23-27(18-19-31(35)34-21-25-10-5-6-11-26(25)22-36(34)40)29-20-28-12-9-16-33-32-15-7-8-17-37(32)41-38(24-29)39(28)33/h2-19,21-24,29H,20H2,1H3. The first kappa shape index (κ1) is 23.4. The van der Waals surface area contributed by atoms with Crippen LogP contribution in [0.1, 0.15) is 46.2 Å². The van der Waals surface area contributed by atoms with Crippen molar-refractivity contribution in [1.29, 1.82) is 0 Å². The lowest BCUT2D eigenvalue weighted by Crippen LogP contribution is -2.22. The van der Waals surface area contributed by atoms with Gasteiger partial charge in [0.25, 0.3) is 0 Å². The second-order valence-electron chi connectivity index (χ2n) is 11.8. The summed E-state index contributed by atoms with van der Waals surface area (Å²) in [5.41, 5.74) is 13.8. The van der Waals surface area contributed by atoms with Gasteiger partial charge < -0.3 is 0 Å². The van der Waals surface area contributed by atoms with Crippen molar-refractivity contribution in [3.8, 4) is 22.3 Å². The van der Waals surface area contributed by atoms with Gasteiger partial charge in [0, 0.05) is 21.1 Å². The molecule has 0 amide bonds. The first-order valence-corrected chi connectivity index (χ1v) is 15.3. The molecule has 2 aliphatic carbocycles. The van der Waals surface area contributed by atoms with Crippen molar-refractivity contribution >= 4 is 27.4 Å². The fourth-order valence-electron chi connectivity index (χ4n) is 7.59. The molecule has 0 radical (unpaired) electrons. The molecule has 0 spiro atoms. The summed E-state index contributed by atoms with van der Waals surface area (Å²) in [5, 5.41) is 2.61. The zero-order valence-electron chi connectivity index (χ0n) is 22.9. The number of benzene rings is 6. The summed E-state index contributed by atoms with van der Waals surface area (Å²) in [6, 6.07) is 47.8. The minimum absolute atomic E-state index is 0.211. The molecule has 1 heteroatoms. The summed E-state index contributed by atoms with van der Waals surface area (Å²) >= 11 is 1.94. The number of thioether (sulfide) groups is 1. The summed E-state index contributed by atoms with van der Waals surface area (Å²) in [6.07, 6.45) is 3.58. The highest BCUT2D eigenvalue weighted by atomic mass is 32.2. The highest BCUT2D eigenvalue weighted by Gasteiger charge is 2.41. The molecule has 41 heavy (non-hydrogen) atoms. The van der Waals surface area contributed by atoms with Crippen LogP contribution in [-0.4, -0.2) is 0 Å². The summed E-state index contributed by atoms with van der Waals surface area (Å²) in [7, 11) is 0. The number of hydrogen-bond acceptors (Lipinski definition) is 1. The molecule has 194 valence electrons. The Balaban J connectivity index is 1.22. The molecule has 3 aliphatic rings. The van der Waals surface area contributed by atoms with Crippen molar-refractivity contribution in [3.63, 3.8) is 0 Å². The number of fused-ring (bicyclic) bond motifs is 6. The predicted octanol–water partition coefficient (Wildman–Crippen LogP) is 10.6. The summed E-state index contributed by atoms with van der Waals surface area (Å²) in [6.45, 7) is 2.43. The third-order valence-corrected chi connectivity index (χ3v) is 10.8. The monoisotopic (exact) mass is 540 g/mol. The van der Waals surface area contributed by atoms with Crippen molar-refractivity contribution in [2.45, 2.75) is 29.6 Å². The lowest BCUT2D eigenvalue weighted by molar-refractivity contribution is 0.710. The minimum atomic E-state index is -0.211. The Kier molecular flexibility index (Phi) is 4.90. The molecule has 6 aromatic carbocycles. The van der Waals surface area contributed by atoms with Gasteiger partial charge in [-0.1, -0.05) is 127 Å². The normalized spacial score (nSPS) is 19.6. The maximum atomic E-state index is 2.55. The van der Waals surface area contributed by atoms with E-state index in [0.29, 0.717) is 5.92 Å². The fraction of sp³-hybridized carbons (Fsp3) is 0.100. The zero-order valence-corrected chi connectivity index (χ0v) is 23.7. The van der Waals surface area contributed by atoms with E-state index in [0.717, 1.165) is 6.42 Å². The fourth-order valence-corrected chi connectivity index (χ4v) is 8.84. The molecule has 9 rings (SSSR count). The third kappa shape index (κ3) is 3.30. The van der Waals surface area contributed by atoms with E-state index in [1.165, 1.54) is 76.2 Å². The summed E-state index contributed by atoms with van der Waals surface area (Å²) in [4.78, 5) is 2.77. The van der Waals surface area contributed by atoms with Crippen LogP contribution in [0.2, 0.25) is 0 Å². The molecule has 0 N–H and O–H groups in total. The highest BCUT2D eigenvalue weighted by Crippen LogP contribution is 2.56. The molecule has 6 aromatic rings. The molecule has 2 atom stereocenters. The van der Waals surface area contributed by atoms with E-state index in [-0.39, 0.29) is 5.41 Å². The maximum Gasteiger partial charge on any atom is 0.0435 e. The van der Waals surface area contributed by atoms with Gasteiger partial charge in [0.1, 0.15) is 0 Å². The van der Waals surface area contributed by atoms with Crippen LogP contribution in [0.3, 0.4) is 0 Å². The number of allylic oxidation sites excluding steroid dienone is 1. The average Bonchev–Trinajstić information content (AvgIpc) is 3.28. The molecule has 0 saturated carbocycles. The Morgan fingerprint density at radius 1 is 0.610 bits per heavy atom. The van der Waals surface area contributed by atoms with E-state index in [1.54, 1.807) is 0 Å². The van der Waals surface area contributed by atoms with Crippen molar-refractivity contribution in [3.05, 3.63) is 167 Å². The molecule has 0 bridgehead atoms. The van der Waals surface area contributed by atoms with Gasteiger partial charge in [-0.15, -0.1) is 0 Å². The van der Waals surface area contributed by atoms with Gasteiger partial charge in [-0.2, -0.15) is 0 Å². The molecule has 0 nitrogen and oxygen atoms in total. The second-order valence-corrected chi connectivity index (χ2v) is 12.9. The lowest BCUT2D eigenvalue weighted by atomic mass is 9.73. The van der Waals surface area contributed by atoms with Crippen molar-refractivity contribution in [2.24, 2.45) is 0 Å². The van der Waals surface area contributed by atoms with Crippen molar-refractivity contribution < 1.29 is 0 Å². The Labute approximate surface area is 245 Å². The topological polar surface area (TPSA) is 0 Å². The van der Waals surface area contributed by atoms with Crippen LogP contribution < -0.4 is 0 Å². The van der Waals surface area contributed by atoms with Gasteiger partial charge in [0.15, 0.2) is 0 Å². The Bertz CT molecular complexity index is 2070. The first-order valence-electron chi connectivity index (χ1n) is 14.5. The first-order chi connectivity index (χ1) is 20.2. The molecule has 0 aromatic heterocycles. The van der Waals surface area contributed by atoms with Crippen LogP contribution in [0.5, 0.6) is 0 Å². The molecule has 1 aliphatic heterocycles. The van der Waals surface area contributed by atoms with E-state index in [9.17, 15) is 0 Å². The quantitative estimate of drug-likeness (QED) is 0.210. The number of rotatable bonds is 2. The molecule has 1 heterocycles. The average molecular weight is 541 g/mol. The van der Waals surface area contributed by atoms with Crippen molar-refractivity contribution in [1.82, 2.24) is 0 Å². The van der Waals surface area contributed by atoms with E-state index < -0.39 is 0 Å². The highest BCUT2D eigenvalue weighted by molar-refractivity contribution is 8.08. The minimum Gasteiger partial charge on any atom is -0.0891 e. The Hall–Kier alpha value is -4.33. The van der Waals surface area contributed by atoms with Gasteiger partial charge >= 0.3 is 0 Å². The van der Waals surface area contributed by atoms with Gasteiger partial charge in [0.2, 0.25) is 0 Å². The van der Waals surface area contributed by atoms with Crippen LogP contribution in [-0.2, 0) is 11.8 Å². The Morgan fingerprint density at radius 3 is 2.22 bits per heavy atom. The number of hydrogen-bond donors (Lipinski definition) is 0. The van der Waals surface area contributed by atoms with E-state index in [2.05, 4.69) is 140 Å². The van der Waals surface area contributed by atoms with Crippen LogP contribution in [0.4, 0.5) is 0 Å². The molecule has 0 fully saturated rings. The lowest BCUT2D eigenvalue weighted by Gasteiger charge is -2.32. The van der Waals surface area contributed by atoms with E-state index >= 15 is 0 Å². The Morgan fingerprint density at radius 2 is 1.34 bits per heavy atom. The van der Waals surface area contributed by atoms with Crippen LogP contribution in [0.25, 0.3) is 37.9 Å². The van der Waals surface area contributed by atoms with Gasteiger partial charge in [0.05, 0.1) is 0 Å². The van der Waals surface area contributed by atoms with E-state index in [1.807, 2.05) is 11.8 Å². The third-order valence-electron chi connectivity index (χ3n) is 9.66. The molecular formula is C40H28S. The van der Waals surface area contributed by atoms with Crippen LogP contribution in [0.15, 0.2) is 138 Å². The summed E-state index contributed by atoms with van der Waals surface area (Å²) in [5.74, 6) is 0.346. The van der Waals surface area contributed by atoms with Crippen LogP contribution >= 0.6 is 11.8 Å². The van der Waals surface area contributed by atoms with Gasteiger partial charge in [-0.05, 0) is 98.0 Å². The predicted molar refractivity (Wildman–Crippen MR) is 174 cm³/mol. The molecule has 0 saturated heterocycles.